The highest BCUT2D eigenvalue weighted by molar-refractivity contribution is 8.13. The van der Waals surface area contributed by atoms with E-state index >= 15 is 0 Å². The second kappa shape index (κ2) is 3.11. The number of hydrogen-bond acceptors (Lipinski definition) is 3. The monoisotopic (exact) mass is 246 g/mol. The van der Waals surface area contributed by atoms with Crippen molar-refractivity contribution in [3.05, 3.63) is 28.6 Å². The summed E-state index contributed by atoms with van der Waals surface area (Å²) in [5, 5.41) is 2.95. The van der Waals surface area contributed by atoms with E-state index in [4.69, 9.17) is 10.7 Å². The molecule has 0 fully saturated rings. The van der Waals surface area contributed by atoms with Crippen molar-refractivity contribution in [2.24, 2.45) is 7.05 Å². The van der Waals surface area contributed by atoms with Crippen LogP contribution in [0.3, 0.4) is 0 Å². The Balaban J connectivity index is 2.88. The minimum absolute atomic E-state index is 0.0220. The van der Waals surface area contributed by atoms with Crippen molar-refractivity contribution in [3.63, 3.8) is 0 Å². The first-order valence-electron chi connectivity index (χ1n) is 4.03. The van der Waals surface area contributed by atoms with Crippen LogP contribution in [0.25, 0.3) is 10.9 Å². The number of nitrogens with zero attached hydrogens (tertiary/aromatic N) is 1. The molecule has 1 N–H and O–H groups in total. The molecule has 5 nitrogen and oxygen atoms in total. The van der Waals surface area contributed by atoms with Crippen molar-refractivity contribution >= 4 is 30.6 Å². The Morgan fingerprint density at radius 2 is 2.07 bits per heavy atom. The van der Waals surface area contributed by atoms with Crippen molar-refractivity contribution in [3.8, 4) is 0 Å². The van der Waals surface area contributed by atoms with E-state index in [2.05, 4.69) is 5.10 Å². The van der Waals surface area contributed by atoms with Crippen LogP contribution in [0.2, 0.25) is 0 Å². The van der Waals surface area contributed by atoms with Gasteiger partial charge in [-0.25, -0.2) is 8.42 Å². The predicted octanol–water partition coefficient (Wildman–Crippen LogP) is 0.794. The van der Waals surface area contributed by atoms with Crippen LogP contribution >= 0.6 is 10.7 Å². The van der Waals surface area contributed by atoms with Crippen LogP contribution < -0.4 is 5.56 Å². The molecule has 2 rings (SSSR count). The molecule has 0 unspecified atom stereocenters. The summed E-state index contributed by atoms with van der Waals surface area (Å²) in [5.74, 6) is 0. The number of fused-ring (bicyclic) bond motifs is 1. The lowest BCUT2D eigenvalue weighted by Crippen LogP contribution is -2.01. The van der Waals surface area contributed by atoms with Crippen molar-refractivity contribution in [2.75, 3.05) is 0 Å². The lowest BCUT2D eigenvalue weighted by molar-refractivity contribution is 0.609. The number of aryl methyl sites for hydroxylation is 1. The zero-order chi connectivity index (χ0) is 11.2. The first-order valence-corrected chi connectivity index (χ1v) is 6.34. The molecular formula is C8H7ClN2O3S. The van der Waals surface area contributed by atoms with Gasteiger partial charge in [0.25, 0.3) is 14.6 Å². The molecule has 7 heteroatoms. The molecule has 0 aliphatic rings. The smallest absolute Gasteiger partial charge is 0.271 e. The van der Waals surface area contributed by atoms with Gasteiger partial charge in [-0.2, -0.15) is 0 Å². The molecule has 0 aliphatic carbocycles. The first-order chi connectivity index (χ1) is 6.89. The second-order valence-electron chi connectivity index (χ2n) is 3.12. The van der Waals surface area contributed by atoms with E-state index in [9.17, 15) is 13.2 Å². The van der Waals surface area contributed by atoms with E-state index in [1.54, 1.807) is 7.05 Å². The topological polar surface area (TPSA) is 71.9 Å². The summed E-state index contributed by atoms with van der Waals surface area (Å²) >= 11 is 0. The van der Waals surface area contributed by atoms with Gasteiger partial charge < -0.3 is 0 Å². The van der Waals surface area contributed by atoms with Gasteiger partial charge in [0.1, 0.15) is 0 Å². The molecular weight excluding hydrogens is 240 g/mol. The number of halogens is 1. The van der Waals surface area contributed by atoms with Gasteiger partial charge in [-0.3, -0.25) is 14.6 Å². The Morgan fingerprint density at radius 1 is 1.40 bits per heavy atom. The standard InChI is InChI=1S/C8H7ClN2O3S/c1-11-7-4-5(15(9,13)14)2-3-6(7)8(12)10-11/h2-4H,1H3,(H,10,12). The van der Waals surface area contributed by atoms with Gasteiger partial charge in [0, 0.05) is 17.7 Å². The summed E-state index contributed by atoms with van der Waals surface area (Å²) in [6.07, 6.45) is 0. The number of hydrogen-bond donors (Lipinski definition) is 1. The van der Waals surface area contributed by atoms with Gasteiger partial charge in [0.15, 0.2) is 0 Å². The molecule has 1 aromatic carbocycles. The second-order valence-corrected chi connectivity index (χ2v) is 5.68. The van der Waals surface area contributed by atoms with Crippen LogP contribution in [-0.4, -0.2) is 18.2 Å². The number of nitrogens with one attached hydrogen (secondary N) is 1. The van der Waals surface area contributed by atoms with Crippen molar-refractivity contribution in [1.29, 1.82) is 0 Å². The maximum atomic E-state index is 11.3. The van der Waals surface area contributed by atoms with Crippen LogP contribution in [0.5, 0.6) is 0 Å². The lowest BCUT2D eigenvalue weighted by Gasteiger charge is -1.97. The number of H-pyrrole nitrogens is 1. The van der Waals surface area contributed by atoms with Gasteiger partial charge >= 0.3 is 0 Å². The van der Waals surface area contributed by atoms with Crippen molar-refractivity contribution in [2.45, 2.75) is 4.90 Å². The third-order valence-corrected chi connectivity index (χ3v) is 3.48. The third-order valence-electron chi connectivity index (χ3n) is 2.13. The quantitative estimate of drug-likeness (QED) is 0.757. The van der Waals surface area contributed by atoms with E-state index in [1.807, 2.05) is 0 Å². The summed E-state index contributed by atoms with van der Waals surface area (Å²) in [6, 6.07) is 4.10. The normalized spacial score (nSPS) is 12.1. The fourth-order valence-corrected chi connectivity index (χ4v) is 2.18. The molecule has 80 valence electrons. The molecule has 0 atom stereocenters. The molecule has 1 aromatic heterocycles. The minimum atomic E-state index is -3.76. The zero-order valence-corrected chi connectivity index (χ0v) is 9.26. The molecule has 0 bridgehead atoms. The number of benzene rings is 1. The number of aromatic amines is 1. The fourth-order valence-electron chi connectivity index (χ4n) is 1.41. The van der Waals surface area contributed by atoms with Crippen LogP contribution in [0.4, 0.5) is 0 Å². The van der Waals surface area contributed by atoms with Crippen LogP contribution in [0.1, 0.15) is 0 Å². The zero-order valence-electron chi connectivity index (χ0n) is 7.69. The Hall–Kier alpha value is -1.27. The lowest BCUT2D eigenvalue weighted by atomic mass is 10.2. The van der Waals surface area contributed by atoms with Gasteiger partial charge in [0.2, 0.25) is 0 Å². The van der Waals surface area contributed by atoms with Crippen molar-refractivity contribution < 1.29 is 8.42 Å². The van der Waals surface area contributed by atoms with Crippen LogP contribution in [0, 0.1) is 0 Å². The fraction of sp³-hybridized carbons (Fsp3) is 0.125. The number of aromatic nitrogens is 2. The Kier molecular flexibility index (Phi) is 2.13. The average Bonchev–Trinajstić information content (AvgIpc) is 2.41. The summed E-state index contributed by atoms with van der Waals surface area (Å²) in [5.41, 5.74) is 0.243. The Morgan fingerprint density at radius 3 is 2.67 bits per heavy atom. The third kappa shape index (κ3) is 1.66. The summed E-state index contributed by atoms with van der Waals surface area (Å²) in [4.78, 5) is 11.3. The summed E-state index contributed by atoms with van der Waals surface area (Å²) < 4.78 is 23.6. The van der Waals surface area contributed by atoms with E-state index in [0.29, 0.717) is 10.9 Å². The number of rotatable bonds is 1. The van der Waals surface area contributed by atoms with Gasteiger partial charge in [-0.15, -0.1) is 0 Å². The van der Waals surface area contributed by atoms with Crippen LogP contribution in [-0.2, 0) is 16.1 Å². The molecule has 2 aromatic rings. The first kappa shape index (κ1) is 10.3. The van der Waals surface area contributed by atoms with Gasteiger partial charge in [-0.1, -0.05) is 0 Å². The predicted molar refractivity (Wildman–Crippen MR) is 56.6 cm³/mol. The molecule has 15 heavy (non-hydrogen) atoms. The average molecular weight is 247 g/mol. The molecule has 0 amide bonds. The van der Waals surface area contributed by atoms with E-state index < -0.39 is 9.05 Å². The Bertz CT molecular complexity index is 683. The Labute approximate surface area is 89.7 Å². The highest BCUT2D eigenvalue weighted by atomic mass is 35.7. The van der Waals surface area contributed by atoms with Gasteiger partial charge in [-0.05, 0) is 18.2 Å². The van der Waals surface area contributed by atoms with Gasteiger partial charge in [0.05, 0.1) is 15.8 Å². The van der Waals surface area contributed by atoms with E-state index in [0.717, 1.165) is 0 Å². The van der Waals surface area contributed by atoms with E-state index in [-0.39, 0.29) is 10.5 Å². The van der Waals surface area contributed by atoms with E-state index in [1.165, 1.54) is 22.9 Å². The molecule has 0 saturated heterocycles. The SMILES string of the molecule is Cn1[nH]c(=O)c2ccc(S(=O)(=O)Cl)cc21. The molecule has 0 aliphatic heterocycles. The summed E-state index contributed by atoms with van der Waals surface area (Å²) in [7, 11) is 3.05. The maximum Gasteiger partial charge on any atom is 0.271 e. The highest BCUT2D eigenvalue weighted by Crippen LogP contribution is 2.19. The van der Waals surface area contributed by atoms with Crippen LogP contribution in [0.15, 0.2) is 27.9 Å². The molecule has 0 radical (unpaired) electrons. The minimum Gasteiger partial charge on any atom is -0.288 e. The maximum absolute atomic E-state index is 11.3. The molecule has 1 heterocycles. The molecule has 0 spiro atoms. The summed E-state index contributed by atoms with van der Waals surface area (Å²) in [6.45, 7) is 0. The van der Waals surface area contributed by atoms with Crippen molar-refractivity contribution in [1.82, 2.24) is 9.78 Å². The molecule has 0 saturated carbocycles. The highest BCUT2D eigenvalue weighted by Gasteiger charge is 2.12. The largest absolute Gasteiger partial charge is 0.288 e.